The molecule has 3 amide bonds. The van der Waals surface area contributed by atoms with Crippen LogP contribution in [0.4, 0.5) is 15.8 Å². The van der Waals surface area contributed by atoms with Gasteiger partial charge in [0.05, 0.1) is 11.8 Å². The molecule has 36 heavy (non-hydrogen) atoms. The number of amides is 3. The number of primary amides is 1. The maximum absolute atomic E-state index is 14.0. The summed E-state index contributed by atoms with van der Waals surface area (Å²) >= 11 is 0.723. The van der Waals surface area contributed by atoms with Crippen molar-refractivity contribution in [2.24, 2.45) is 5.73 Å². The van der Waals surface area contributed by atoms with E-state index in [0.29, 0.717) is 23.4 Å². The fourth-order valence-corrected chi connectivity index (χ4v) is 4.86. The summed E-state index contributed by atoms with van der Waals surface area (Å²) in [5.41, 5.74) is 12.6. The van der Waals surface area contributed by atoms with Gasteiger partial charge in [0.1, 0.15) is 16.7 Å². The Morgan fingerprint density at radius 1 is 1.22 bits per heavy atom. The Labute approximate surface area is 211 Å². The first-order valence-electron chi connectivity index (χ1n) is 11.4. The van der Waals surface area contributed by atoms with Gasteiger partial charge in [0, 0.05) is 18.8 Å². The number of aryl methyl sites for hydroxylation is 1. The van der Waals surface area contributed by atoms with Crippen LogP contribution in [0.25, 0.3) is 0 Å². The number of para-hydroxylation sites is 1. The number of benzene rings is 2. The van der Waals surface area contributed by atoms with Crippen LogP contribution in [0, 0.1) is 12.7 Å². The zero-order valence-electron chi connectivity index (χ0n) is 19.6. The molecule has 0 spiro atoms. The van der Waals surface area contributed by atoms with Crippen LogP contribution in [0.15, 0.2) is 48.5 Å². The Kier molecular flexibility index (Phi) is 7.61. The Balaban J connectivity index is 1.82. The minimum absolute atomic E-state index is 0.0360. The van der Waals surface area contributed by atoms with Crippen molar-refractivity contribution < 1.29 is 23.5 Å². The van der Waals surface area contributed by atoms with Gasteiger partial charge in [-0.15, -0.1) is 0 Å². The van der Waals surface area contributed by atoms with Gasteiger partial charge < -0.3 is 21.5 Å². The Morgan fingerprint density at radius 2 is 1.94 bits per heavy atom. The molecule has 2 aromatic carbocycles. The molecule has 1 aliphatic rings. The number of nitrogens with one attached hydrogen (secondary N) is 1. The first-order chi connectivity index (χ1) is 17.3. The van der Waals surface area contributed by atoms with Crippen LogP contribution in [0.2, 0.25) is 0 Å². The predicted octanol–water partition coefficient (Wildman–Crippen LogP) is 2.96. The Bertz CT molecular complexity index is 1270. The number of nitrogens with two attached hydrogens (primary N) is 2. The normalized spacial score (nSPS) is 15.9. The average Bonchev–Trinajstić information content (AvgIpc) is 3.52. The Morgan fingerprint density at radius 3 is 2.56 bits per heavy atom. The van der Waals surface area contributed by atoms with Gasteiger partial charge in [0.2, 0.25) is 5.91 Å². The second-order valence-corrected chi connectivity index (χ2v) is 9.21. The molecular weight excluding hydrogens is 485 g/mol. The van der Waals surface area contributed by atoms with E-state index in [1.807, 2.05) is 0 Å². The van der Waals surface area contributed by atoms with Crippen molar-refractivity contribution in [3.63, 3.8) is 0 Å². The van der Waals surface area contributed by atoms with Gasteiger partial charge >= 0.3 is 0 Å². The topological polar surface area (TPSA) is 141 Å². The van der Waals surface area contributed by atoms with Crippen LogP contribution in [-0.2, 0) is 9.53 Å². The van der Waals surface area contributed by atoms with E-state index in [4.69, 9.17) is 16.2 Å². The van der Waals surface area contributed by atoms with Gasteiger partial charge in [-0.25, -0.2) is 4.39 Å². The number of anilines is 2. The molecule has 1 saturated heterocycles. The fraction of sp³-hybridized carbons (Fsp3) is 0.280. The summed E-state index contributed by atoms with van der Waals surface area (Å²) in [6, 6.07) is 11.2. The van der Waals surface area contributed by atoms with Crippen molar-refractivity contribution in [3.8, 4) is 0 Å². The SMILES string of the molecule is Cc1ccccc1N(C(=O)c1snc(C(N)=O)c1N)[C@@H](C(=O)NC[C@H]1CCCO1)c1ccc(F)cc1. The molecule has 0 aliphatic carbocycles. The summed E-state index contributed by atoms with van der Waals surface area (Å²) < 4.78 is 23.3. The molecule has 0 radical (unpaired) electrons. The molecule has 0 saturated carbocycles. The summed E-state index contributed by atoms with van der Waals surface area (Å²) in [5.74, 6) is -2.47. The number of carbonyl (C=O) groups is 3. The molecule has 2 heterocycles. The van der Waals surface area contributed by atoms with Crippen LogP contribution < -0.4 is 21.7 Å². The highest BCUT2D eigenvalue weighted by molar-refractivity contribution is 7.09. The number of hydrogen-bond donors (Lipinski definition) is 3. The molecular formula is C25H26FN5O4S. The number of halogens is 1. The van der Waals surface area contributed by atoms with Crippen LogP contribution in [0.3, 0.4) is 0 Å². The smallest absolute Gasteiger partial charge is 0.273 e. The standard InChI is InChI=1S/C25H26FN5O4S/c1-14-5-2-3-7-18(14)31(25(34)22-19(27)20(23(28)32)30-36-22)21(15-8-10-16(26)11-9-15)24(33)29-13-17-6-4-12-35-17/h2-3,5,7-11,17,21H,4,6,12-13,27H2,1H3,(H2,28,32)(H,29,33)/t17-,21-/m1/s1. The third-order valence-corrected chi connectivity index (χ3v) is 6.82. The molecule has 0 unspecified atom stereocenters. The van der Waals surface area contributed by atoms with E-state index in [1.165, 1.54) is 29.2 Å². The van der Waals surface area contributed by atoms with E-state index >= 15 is 0 Å². The van der Waals surface area contributed by atoms with E-state index in [0.717, 1.165) is 24.4 Å². The lowest BCUT2D eigenvalue weighted by molar-refractivity contribution is -0.123. The first-order valence-corrected chi connectivity index (χ1v) is 12.1. The predicted molar refractivity (Wildman–Crippen MR) is 134 cm³/mol. The number of aromatic nitrogens is 1. The average molecular weight is 512 g/mol. The van der Waals surface area contributed by atoms with Gasteiger partial charge in [-0.3, -0.25) is 19.3 Å². The van der Waals surface area contributed by atoms with Gasteiger partial charge in [-0.2, -0.15) is 4.37 Å². The maximum atomic E-state index is 14.0. The maximum Gasteiger partial charge on any atom is 0.273 e. The van der Waals surface area contributed by atoms with Crippen molar-refractivity contribution in [1.82, 2.24) is 9.69 Å². The Hall–Kier alpha value is -3.83. The van der Waals surface area contributed by atoms with Gasteiger partial charge in [0.15, 0.2) is 5.69 Å². The third kappa shape index (κ3) is 5.21. The van der Waals surface area contributed by atoms with Crippen LogP contribution in [0.1, 0.15) is 50.2 Å². The van der Waals surface area contributed by atoms with Crippen molar-refractivity contribution in [1.29, 1.82) is 0 Å². The molecule has 5 N–H and O–H groups in total. The summed E-state index contributed by atoms with van der Waals surface area (Å²) in [4.78, 5) is 40.6. The van der Waals surface area contributed by atoms with Gasteiger partial charge in [-0.1, -0.05) is 30.3 Å². The van der Waals surface area contributed by atoms with Crippen molar-refractivity contribution in [3.05, 3.63) is 76.0 Å². The van der Waals surface area contributed by atoms with Gasteiger partial charge in [0.25, 0.3) is 11.8 Å². The molecule has 1 fully saturated rings. The monoisotopic (exact) mass is 511 g/mol. The van der Waals surface area contributed by atoms with Gasteiger partial charge in [-0.05, 0) is 60.6 Å². The van der Waals surface area contributed by atoms with Crippen molar-refractivity contribution in [2.45, 2.75) is 31.9 Å². The van der Waals surface area contributed by atoms with E-state index in [1.54, 1.807) is 31.2 Å². The highest BCUT2D eigenvalue weighted by Crippen LogP contribution is 2.34. The molecule has 1 aromatic heterocycles. The number of nitrogens with zero attached hydrogens (tertiary/aromatic N) is 2. The molecule has 11 heteroatoms. The number of carbonyl (C=O) groups excluding carboxylic acids is 3. The minimum Gasteiger partial charge on any atom is -0.395 e. The third-order valence-electron chi connectivity index (χ3n) is 5.97. The zero-order chi connectivity index (χ0) is 25.8. The molecule has 188 valence electrons. The zero-order valence-corrected chi connectivity index (χ0v) is 20.4. The number of ether oxygens (including phenoxy) is 1. The van der Waals surface area contributed by atoms with E-state index < -0.39 is 29.6 Å². The molecule has 2 atom stereocenters. The first kappa shape index (κ1) is 25.3. The van der Waals surface area contributed by atoms with Crippen molar-refractivity contribution >= 4 is 40.6 Å². The lowest BCUT2D eigenvalue weighted by Gasteiger charge is -2.32. The molecule has 9 nitrogen and oxygen atoms in total. The molecule has 4 rings (SSSR count). The number of nitrogen functional groups attached to an aromatic ring is 1. The molecule has 0 bridgehead atoms. The molecule has 3 aromatic rings. The fourth-order valence-electron chi connectivity index (χ4n) is 4.12. The lowest BCUT2D eigenvalue weighted by Crippen LogP contribution is -2.46. The minimum atomic E-state index is -1.18. The second-order valence-electron chi connectivity index (χ2n) is 8.43. The van der Waals surface area contributed by atoms with E-state index in [9.17, 15) is 18.8 Å². The molecule has 1 aliphatic heterocycles. The van der Waals surface area contributed by atoms with Crippen LogP contribution >= 0.6 is 11.5 Å². The second kappa shape index (κ2) is 10.8. The largest absolute Gasteiger partial charge is 0.395 e. The summed E-state index contributed by atoms with van der Waals surface area (Å²) in [6.07, 6.45) is 1.60. The highest BCUT2D eigenvalue weighted by atomic mass is 32.1. The van der Waals surface area contributed by atoms with Crippen LogP contribution in [-0.4, -0.2) is 41.4 Å². The van der Waals surface area contributed by atoms with E-state index in [2.05, 4.69) is 9.69 Å². The summed E-state index contributed by atoms with van der Waals surface area (Å²) in [5, 5.41) is 2.88. The summed E-state index contributed by atoms with van der Waals surface area (Å²) in [7, 11) is 0. The number of hydrogen-bond acceptors (Lipinski definition) is 7. The summed E-state index contributed by atoms with van der Waals surface area (Å²) in [6.45, 7) is 2.69. The highest BCUT2D eigenvalue weighted by Gasteiger charge is 2.37. The lowest BCUT2D eigenvalue weighted by atomic mass is 10.0. The van der Waals surface area contributed by atoms with E-state index in [-0.39, 0.29) is 28.9 Å². The number of rotatable bonds is 8. The van der Waals surface area contributed by atoms with Crippen molar-refractivity contribution in [2.75, 3.05) is 23.8 Å². The quantitative estimate of drug-likeness (QED) is 0.425. The van der Waals surface area contributed by atoms with Crippen LogP contribution in [0.5, 0.6) is 0 Å².